The standard InChI is InChI=1S/C16H20N6OS2/c23-14(11-24-16-20-19-15(25-16)18-12-4-5-12)22-9-7-21(8-10-22)13-3-1-2-6-17-13/h1-3,6,12H,4-5,7-11H2,(H,18,19). The SMILES string of the molecule is O=C(CSc1nnc(NC2CC2)s1)N1CCN(c2ccccn2)CC1. The van der Waals surface area contributed by atoms with E-state index in [-0.39, 0.29) is 5.91 Å². The van der Waals surface area contributed by atoms with Gasteiger partial charge in [-0.25, -0.2) is 4.98 Å². The minimum absolute atomic E-state index is 0.164. The highest BCUT2D eigenvalue weighted by Crippen LogP contribution is 2.30. The summed E-state index contributed by atoms with van der Waals surface area (Å²) in [5.41, 5.74) is 0. The lowest BCUT2D eigenvalue weighted by atomic mass is 10.3. The molecular weight excluding hydrogens is 356 g/mol. The molecule has 1 saturated carbocycles. The largest absolute Gasteiger partial charge is 0.357 e. The number of rotatable bonds is 6. The monoisotopic (exact) mass is 376 g/mol. The Bertz CT molecular complexity index is 712. The van der Waals surface area contributed by atoms with Crippen molar-refractivity contribution in [3.63, 3.8) is 0 Å². The second-order valence-electron chi connectivity index (χ2n) is 6.14. The van der Waals surface area contributed by atoms with Gasteiger partial charge in [-0.15, -0.1) is 10.2 Å². The Labute approximate surface area is 154 Å². The first-order chi connectivity index (χ1) is 12.3. The van der Waals surface area contributed by atoms with Crippen molar-refractivity contribution in [1.82, 2.24) is 20.1 Å². The Morgan fingerprint density at radius 3 is 2.80 bits per heavy atom. The smallest absolute Gasteiger partial charge is 0.233 e. The van der Waals surface area contributed by atoms with Crippen LogP contribution in [0.2, 0.25) is 0 Å². The van der Waals surface area contributed by atoms with Crippen LogP contribution in [0.1, 0.15) is 12.8 Å². The molecule has 1 amide bonds. The maximum atomic E-state index is 12.4. The first-order valence-corrected chi connectivity index (χ1v) is 10.2. The molecule has 3 heterocycles. The molecule has 1 N–H and O–H groups in total. The van der Waals surface area contributed by atoms with E-state index in [4.69, 9.17) is 0 Å². The number of carbonyl (C=O) groups is 1. The Morgan fingerprint density at radius 1 is 1.24 bits per heavy atom. The lowest BCUT2D eigenvalue weighted by Crippen LogP contribution is -2.49. The summed E-state index contributed by atoms with van der Waals surface area (Å²) in [6.07, 6.45) is 4.23. The second-order valence-corrected chi connectivity index (χ2v) is 8.34. The van der Waals surface area contributed by atoms with Gasteiger partial charge in [0, 0.05) is 38.4 Å². The van der Waals surface area contributed by atoms with Crippen LogP contribution < -0.4 is 10.2 Å². The summed E-state index contributed by atoms with van der Waals surface area (Å²) in [5.74, 6) is 1.56. The van der Waals surface area contributed by atoms with Gasteiger partial charge in [-0.3, -0.25) is 4.79 Å². The molecule has 2 aliphatic rings. The number of pyridine rings is 1. The summed E-state index contributed by atoms with van der Waals surface area (Å²) in [5, 5.41) is 12.5. The van der Waals surface area contributed by atoms with Crippen LogP contribution in [0.25, 0.3) is 0 Å². The summed E-state index contributed by atoms with van der Waals surface area (Å²) in [7, 11) is 0. The summed E-state index contributed by atoms with van der Waals surface area (Å²) < 4.78 is 0.851. The van der Waals surface area contributed by atoms with Crippen molar-refractivity contribution in [2.75, 3.05) is 42.1 Å². The predicted molar refractivity (Wildman–Crippen MR) is 100 cm³/mol. The fourth-order valence-electron chi connectivity index (χ4n) is 2.67. The molecule has 0 atom stereocenters. The van der Waals surface area contributed by atoms with E-state index in [1.54, 1.807) is 6.20 Å². The third-order valence-corrected chi connectivity index (χ3v) is 6.21. The minimum Gasteiger partial charge on any atom is -0.357 e. The molecule has 0 aromatic carbocycles. The van der Waals surface area contributed by atoms with Crippen LogP contribution in [-0.4, -0.2) is 64.0 Å². The van der Waals surface area contributed by atoms with Crippen molar-refractivity contribution in [2.45, 2.75) is 23.2 Å². The van der Waals surface area contributed by atoms with E-state index in [1.807, 2.05) is 23.1 Å². The van der Waals surface area contributed by atoms with E-state index in [0.717, 1.165) is 41.5 Å². The highest BCUT2D eigenvalue weighted by atomic mass is 32.2. The fraction of sp³-hybridized carbons (Fsp3) is 0.500. The molecule has 0 spiro atoms. The number of anilines is 2. The van der Waals surface area contributed by atoms with E-state index in [9.17, 15) is 4.79 Å². The van der Waals surface area contributed by atoms with Gasteiger partial charge in [0.2, 0.25) is 11.0 Å². The van der Waals surface area contributed by atoms with Crippen LogP contribution in [0.5, 0.6) is 0 Å². The molecule has 1 aliphatic heterocycles. The van der Waals surface area contributed by atoms with Crippen LogP contribution in [-0.2, 0) is 4.79 Å². The summed E-state index contributed by atoms with van der Waals surface area (Å²) >= 11 is 3.01. The Hall–Kier alpha value is -1.87. The molecule has 1 saturated heterocycles. The van der Waals surface area contributed by atoms with Crippen molar-refractivity contribution in [3.05, 3.63) is 24.4 Å². The third-order valence-electron chi connectivity index (χ3n) is 4.24. The van der Waals surface area contributed by atoms with E-state index in [1.165, 1.54) is 35.9 Å². The molecule has 4 rings (SSSR count). The molecular formula is C16H20N6OS2. The van der Waals surface area contributed by atoms with Gasteiger partial charge in [0.15, 0.2) is 4.34 Å². The van der Waals surface area contributed by atoms with Crippen LogP contribution in [0.4, 0.5) is 10.9 Å². The van der Waals surface area contributed by atoms with Crippen molar-refractivity contribution in [3.8, 4) is 0 Å². The van der Waals surface area contributed by atoms with Gasteiger partial charge in [-0.1, -0.05) is 29.2 Å². The lowest BCUT2D eigenvalue weighted by molar-refractivity contribution is -0.128. The molecule has 2 fully saturated rings. The predicted octanol–water partition coefficient (Wildman–Crippen LogP) is 1.95. The average molecular weight is 377 g/mol. The van der Waals surface area contributed by atoms with Crippen LogP contribution >= 0.6 is 23.1 Å². The van der Waals surface area contributed by atoms with Gasteiger partial charge in [0.05, 0.1) is 5.75 Å². The molecule has 0 bridgehead atoms. The molecule has 0 unspecified atom stereocenters. The highest BCUT2D eigenvalue weighted by Gasteiger charge is 2.24. The molecule has 2 aromatic heterocycles. The summed E-state index contributed by atoms with van der Waals surface area (Å²) in [6, 6.07) is 6.49. The van der Waals surface area contributed by atoms with E-state index in [2.05, 4.69) is 25.4 Å². The van der Waals surface area contributed by atoms with Crippen molar-refractivity contribution >= 4 is 40.0 Å². The van der Waals surface area contributed by atoms with Crippen molar-refractivity contribution in [2.24, 2.45) is 0 Å². The van der Waals surface area contributed by atoms with E-state index in [0.29, 0.717) is 11.8 Å². The Balaban J connectivity index is 1.23. The Kier molecular flexibility index (Phi) is 5.02. The number of carbonyl (C=O) groups excluding carboxylic acids is 1. The quantitative estimate of drug-likeness (QED) is 0.772. The number of nitrogens with zero attached hydrogens (tertiary/aromatic N) is 5. The maximum Gasteiger partial charge on any atom is 0.233 e. The minimum atomic E-state index is 0.164. The molecule has 0 radical (unpaired) electrons. The lowest BCUT2D eigenvalue weighted by Gasteiger charge is -2.35. The average Bonchev–Trinajstić information content (AvgIpc) is 3.37. The second kappa shape index (κ2) is 7.57. The van der Waals surface area contributed by atoms with Gasteiger partial charge >= 0.3 is 0 Å². The Morgan fingerprint density at radius 2 is 2.08 bits per heavy atom. The van der Waals surface area contributed by atoms with Gasteiger partial charge in [-0.2, -0.15) is 0 Å². The summed E-state index contributed by atoms with van der Waals surface area (Å²) in [6.45, 7) is 3.12. The van der Waals surface area contributed by atoms with Crippen molar-refractivity contribution < 1.29 is 4.79 Å². The first kappa shape index (κ1) is 16.6. The number of amides is 1. The van der Waals surface area contributed by atoms with Crippen molar-refractivity contribution in [1.29, 1.82) is 0 Å². The van der Waals surface area contributed by atoms with Gasteiger partial charge < -0.3 is 15.1 Å². The number of piperazine rings is 1. The number of nitrogens with one attached hydrogen (secondary N) is 1. The van der Waals surface area contributed by atoms with Gasteiger partial charge in [-0.05, 0) is 25.0 Å². The number of hydrogen-bond acceptors (Lipinski definition) is 8. The molecule has 7 nitrogen and oxygen atoms in total. The zero-order valence-corrected chi connectivity index (χ0v) is 15.4. The normalized spacial score (nSPS) is 17.6. The zero-order chi connectivity index (χ0) is 17.1. The van der Waals surface area contributed by atoms with Gasteiger partial charge in [0.1, 0.15) is 5.82 Å². The van der Waals surface area contributed by atoms with E-state index >= 15 is 0 Å². The number of thioether (sulfide) groups is 1. The van der Waals surface area contributed by atoms with Crippen LogP contribution in [0.3, 0.4) is 0 Å². The molecule has 2 aromatic rings. The molecule has 25 heavy (non-hydrogen) atoms. The highest BCUT2D eigenvalue weighted by molar-refractivity contribution is 8.01. The van der Waals surface area contributed by atoms with E-state index < -0.39 is 0 Å². The molecule has 9 heteroatoms. The molecule has 1 aliphatic carbocycles. The topological polar surface area (TPSA) is 74.2 Å². The fourth-order valence-corrected chi connectivity index (χ4v) is 4.40. The number of aromatic nitrogens is 3. The first-order valence-electron chi connectivity index (χ1n) is 8.44. The third kappa shape index (κ3) is 4.40. The summed E-state index contributed by atoms with van der Waals surface area (Å²) in [4.78, 5) is 20.9. The maximum absolute atomic E-state index is 12.4. The van der Waals surface area contributed by atoms with Crippen LogP contribution in [0, 0.1) is 0 Å². The molecule has 132 valence electrons. The number of hydrogen-bond donors (Lipinski definition) is 1. The van der Waals surface area contributed by atoms with Gasteiger partial charge in [0.25, 0.3) is 0 Å². The van der Waals surface area contributed by atoms with Crippen LogP contribution in [0.15, 0.2) is 28.7 Å². The zero-order valence-electron chi connectivity index (χ0n) is 13.8.